The molecule has 0 aliphatic carbocycles. The largest absolute Gasteiger partial charge is 0.338 e. The average molecular weight is 444 g/mol. The minimum Gasteiger partial charge on any atom is -0.338 e. The molecule has 7 nitrogen and oxygen atoms in total. The van der Waals surface area contributed by atoms with Gasteiger partial charge in [-0.25, -0.2) is 4.79 Å². The van der Waals surface area contributed by atoms with E-state index in [0.29, 0.717) is 22.5 Å². The standard InChI is InChI=1S/C21H22ClN5O2S/c1-3-11-23-20(29)24-18(28)13-30-21-26-25-19(15-7-9-16(22)10-8-15)27(21)17-6-4-5-14(2)12-17/h4-10,12H,3,11,13H2,1-2H3,(H2,23,24,28,29). The quantitative estimate of drug-likeness (QED) is 0.533. The van der Waals surface area contributed by atoms with Gasteiger partial charge in [0, 0.05) is 22.8 Å². The smallest absolute Gasteiger partial charge is 0.321 e. The zero-order chi connectivity index (χ0) is 21.5. The maximum absolute atomic E-state index is 12.1. The lowest BCUT2D eigenvalue weighted by Gasteiger charge is -2.11. The molecule has 1 aromatic heterocycles. The molecule has 3 amide bonds. The Bertz CT molecular complexity index is 1040. The highest BCUT2D eigenvalue weighted by Gasteiger charge is 2.18. The number of rotatable bonds is 7. The molecule has 156 valence electrons. The van der Waals surface area contributed by atoms with Crippen molar-refractivity contribution >= 4 is 35.3 Å². The van der Waals surface area contributed by atoms with Crippen LogP contribution in [0.2, 0.25) is 5.02 Å². The summed E-state index contributed by atoms with van der Waals surface area (Å²) in [7, 11) is 0. The molecule has 0 radical (unpaired) electrons. The van der Waals surface area contributed by atoms with Gasteiger partial charge in [0.15, 0.2) is 11.0 Å². The molecule has 0 bridgehead atoms. The number of halogens is 1. The van der Waals surface area contributed by atoms with E-state index in [0.717, 1.165) is 23.2 Å². The first kappa shape index (κ1) is 21.9. The number of hydrogen-bond acceptors (Lipinski definition) is 5. The molecule has 0 aliphatic heterocycles. The summed E-state index contributed by atoms with van der Waals surface area (Å²) in [6.45, 7) is 4.46. The van der Waals surface area contributed by atoms with E-state index in [1.807, 2.05) is 54.8 Å². The van der Waals surface area contributed by atoms with Gasteiger partial charge >= 0.3 is 6.03 Å². The van der Waals surface area contributed by atoms with Gasteiger partial charge in [0.1, 0.15) is 0 Å². The lowest BCUT2D eigenvalue weighted by molar-refractivity contribution is -0.117. The predicted octanol–water partition coefficient (Wildman–Crippen LogP) is 4.22. The van der Waals surface area contributed by atoms with E-state index in [2.05, 4.69) is 20.8 Å². The molecule has 3 rings (SSSR count). The fraction of sp³-hybridized carbons (Fsp3) is 0.238. The Hall–Kier alpha value is -2.84. The number of urea groups is 1. The Morgan fingerprint density at radius 1 is 1.13 bits per heavy atom. The number of aromatic nitrogens is 3. The lowest BCUT2D eigenvalue weighted by atomic mass is 10.2. The number of hydrogen-bond donors (Lipinski definition) is 2. The highest BCUT2D eigenvalue weighted by atomic mass is 35.5. The van der Waals surface area contributed by atoms with Crippen LogP contribution in [-0.4, -0.2) is 39.0 Å². The van der Waals surface area contributed by atoms with E-state index in [1.165, 1.54) is 11.8 Å². The molecular formula is C21H22ClN5O2S. The van der Waals surface area contributed by atoms with Crippen molar-refractivity contribution in [1.82, 2.24) is 25.4 Å². The van der Waals surface area contributed by atoms with Crippen LogP contribution < -0.4 is 10.6 Å². The van der Waals surface area contributed by atoms with Gasteiger partial charge in [0.05, 0.1) is 5.75 Å². The summed E-state index contributed by atoms with van der Waals surface area (Å²) in [6, 6.07) is 14.8. The second-order valence-electron chi connectivity index (χ2n) is 6.58. The fourth-order valence-electron chi connectivity index (χ4n) is 2.72. The molecule has 0 unspecified atom stereocenters. The van der Waals surface area contributed by atoms with Crippen LogP contribution in [-0.2, 0) is 4.79 Å². The second kappa shape index (κ2) is 10.3. The number of imide groups is 1. The monoisotopic (exact) mass is 443 g/mol. The predicted molar refractivity (Wildman–Crippen MR) is 119 cm³/mol. The average Bonchev–Trinajstić information content (AvgIpc) is 3.15. The highest BCUT2D eigenvalue weighted by molar-refractivity contribution is 7.99. The highest BCUT2D eigenvalue weighted by Crippen LogP contribution is 2.29. The van der Waals surface area contributed by atoms with Crippen molar-refractivity contribution in [2.75, 3.05) is 12.3 Å². The molecule has 0 aliphatic rings. The summed E-state index contributed by atoms with van der Waals surface area (Å²) in [5.74, 6) is 0.269. The zero-order valence-electron chi connectivity index (χ0n) is 16.7. The van der Waals surface area contributed by atoms with Gasteiger partial charge in [0.2, 0.25) is 5.91 Å². The SMILES string of the molecule is CCCNC(=O)NC(=O)CSc1nnc(-c2ccc(Cl)cc2)n1-c1cccc(C)c1. The van der Waals surface area contributed by atoms with Crippen molar-refractivity contribution in [3.8, 4) is 17.1 Å². The molecule has 2 aromatic carbocycles. The maximum atomic E-state index is 12.1. The molecule has 9 heteroatoms. The fourth-order valence-corrected chi connectivity index (χ4v) is 3.60. The molecule has 3 aromatic rings. The van der Waals surface area contributed by atoms with Crippen LogP contribution in [0.1, 0.15) is 18.9 Å². The van der Waals surface area contributed by atoms with Gasteiger partial charge in [-0.05, 0) is 55.3 Å². The van der Waals surface area contributed by atoms with Crippen molar-refractivity contribution in [2.24, 2.45) is 0 Å². The third-order valence-electron chi connectivity index (χ3n) is 4.12. The summed E-state index contributed by atoms with van der Waals surface area (Å²) >= 11 is 7.23. The van der Waals surface area contributed by atoms with Crippen molar-refractivity contribution in [2.45, 2.75) is 25.4 Å². The number of nitrogens with one attached hydrogen (secondary N) is 2. The summed E-state index contributed by atoms with van der Waals surface area (Å²) in [6.07, 6.45) is 0.795. The molecular weight excluding hydrogens is 422 g/mol. The minimum atomic E-state index is -0.496. The van der Waals surface area contributed by atoms with Crippen LogP contribution in [0.4, 0.5) is 4.79 Å². The first-order chi connectivity index (χ1) is 14.5. The van der Waals surface area contributed by atoms with Crippen LogP contribution in [0.15, 0.2) is 53.7 Å². The zero-order valence-corrected chi connectivity index (χ0v) is 18.3. The van der Waals surface area contributed by atoms with Crippen molar-refractivity contribution in [3.63, 3.8) is 0 Å². The Kier molecular flexibility index (Phi) is 7.48. The number of nitrogens with zero attached hydrogens (tertiary/aromatic N) is 3. The molecule has 0 fully saturated rings. The van der Waals surface area contributed by atoms with Crippen LogP contribution >= 0.6 is 23.4 Å². The van der Waals surface area contributed by atoms with E-state index in [-0.39, 0.29) is 5.75 Å². The van der Waals surface area contributed by atoms with Gasteiger partial charge < -0.3 is 5.32 Å². The summed E-state index contributed by atoms with van der Waals surface area (Å²) in [5.41, 5.74) is 2.82. The van der Waals surface area contributed by atoms with E-state index in [9.17, 15) is 9.59 Å². The van der Waals surface area contributed by atoms with Gasteiger partial charge in [-0.1, -0.05) is 42.4 Å². The molecule has 0 atom stereocenters. The van der Waals surface area contributed by atoms with Crippen molar-refractivity contribution < 1.29 is 9.59 Å². The van der Waals surface area contributed by atoms with E-state index < -0.39 is 11.9 Å². The summed E-state index contributed by atoms with van der Waals surface area (Å²) < 4.78 is 1.89. The number of amides is 3. The summed E-state index contributed by atoms with van der Waals surface area (Å²) in [4.78, 5) is 23.8. The molecule has 2 N–H and O–H groups in total. The van der Waals surface area contributed by atoms with E-state index in [1.54, 1.807) is 12.1 Å². The minimum absolute atomic E-state index is 0.0319. The van der Waals surface area contributed by atoms with Gasteiger partial charge in [-0.2, -0.15) is 0 Å². The number of thioether (sulfide) groups is 1. The topological polar surface area (TPSA) is 88.9 Å². The molecule has 0 saturated carbocycles. The number of benzene rings is 2. The van der Waals surface area contributed by atoms with E-state index >= 15 is 0 Å². The normalized spacial score (nSPS) is 10.6. The number of carbonyl (C=O) groups is 2. The van der Waals surface area contributed by atoms with Gasteiger partial charge in [0.25, 0.3) is 0 Å². The van der Waals surface area contributed by atoms with Crippen LogP contribution in [0.5, 0.6) is 0 Å². The first-order valence-corrected chi connectivity index (χ1v) is 10.8. The third kappa shape index (κ3) is 5.61. The van der Waals surface area contributed by atoms with Crippen LogP contribution in [0, 0.1) is 6.92 Å². The second-order valence-corrected chi connectivity index (χ2v) is 7.96. The summed E-state index contributed by atoms with van der Waals surface area (Å²) in [5, 5.41) is 14.7. The van der Waals surface area contributed by atoms with Gasteiger partial charge in [-0.3, -0.25) is 14.7 Å². The Balaban J connectivity index is 1.85. The first-order valence-electron chi connectivity index (χ1n) is 9.47. The lowest BCUT2D eigenvalue weighted by Crippen LogP contribution is -2.40. The molecule has 1 heterocycles. The Morgan fingerprint density at radius 3 is 2.60 bits per heavy atom. The van der Waals surface area contributed by atoms with Gasteiger partial charge in [-0.15, -0.1) is 10.2 Å². The van der Waals surface area contributed by atoms with Crippen LogP contribution in [0.3, 0.4) is 0 Å². The van der Waals surface area contributed by atoms with Crippen LogP contribution in [0.25, 0.3) is 17.1 Å². The Morgan fingerprint density at radius 2 is 1.90 bits per heavy atom. The number of carbonyl (C=O) groups excluding carboxylic acids is 2. The van der Waals surface area contributed by atoms with Crippen molar-refractivity contribution in [3.05, 3.63) is 59.1 Å². The van der Waals surface area contributed by atoms with E-state index in [4.69, 9.17) is 11.6 Å². The maximum Gasteiger partial charge on any atom is 0.321 e. The molecule has 30 heavy (non-hydrogen) atoms. The Labute approximate surface area is 184 Å². The third-order valence-corrected chi connectivity index (χ3v) is 5.30. The molecule has 0 saturated heterocycles. The molecule has 0 spiro atoms. The number of aryl methyl sites for hydroxylation is 1. The van der Waals surface area contributed by atoms with Crippen molar-refractivity contribution in [1.29, 1.82) is 0 Å².